The summed E-state index contributed by atoms with van der Waals surface area (Å²) in [6.45, 7) is 7.18. The van der Waals surface area contributed by atoms with Gasteiger partial charge in [0.05, 0.1) is 0 Å². The normalized spacial score (nSPS) is 20.4. The summed E-state index contributed by atoms with van der Waals surface area (Å²) in [6, 6.07) is 0. The molecule has 1 saturated heterocycles. The second-order valence-corrected chi connectivity index (χ2v) is 5.13. The van der Waals surface area contributed by atoms with Gasteiger partial charge >= 0.3 is 0 Å². The molecule has 0 unspecified atom stereocenters. The van der Waals surface area contributed by atoms with Crippen LogP contribution < -0.4 is 0 Å². The Balaban J connectivity index is 2.17. The first-order chi connectivity index (χ1) is 7.11. The minimum atomic E-state index is 0.337. The average Bonchev–Trinajstić information content (AvgIpc) is 2.50. The summed E-state index contributed by atoms with van der Waals surface area (Å²) in [5, 5.41) is 0. The first kappa shape index (κ1) is 10.9. The van der Waals surface area contributed by atoms with Crippen molar-refractivity contribution < 1.29 is 4.74 Å². The maximum atomic E-state index is 5.40. The van der Waals surface area contributed by atoms with E-state index in [4.69, 9.17) is 17.0 Å². The monoisotopic (exact) mass is 226 g/mol. The summed E-state index contributed by atoms with van der Waals surface area (Å²) in [5.41, 5.74) is 1.55. The van der Waals surface area contributed by atoms with E-state index in [9.17, 15) is 0 Å². The quantitative estimate of drug-likeness (QED) is 0.786. The molecule has 84 valence electrons. The number of aromatic nitrogens is 2. The number of hydrogen-bond donors (Lipinski definition) is 1. The molecule has 4 heteroatoms. The molecule has 1 aromatic rings. The van der Waals surface area contributed by atoms with E-state index in [0.29, 0.717) is 5.41 Å². The number of H-pyrrole nitrogens is 1. The molecule has 0 spiro atoms. The number of aromatic amines is 1. The van der Waals surface area contributed by atoms with Crippen LogP contribution >= 0.6 is 12.2 Å². The fourth-order valence-electron chi connectivity index (χ4n) is 2.08. The van der Waals surface area contributed by atoms with E-state index in [1.165, 1.54) is 5.69 Å². The Morgan fingerprint density at radius 3 is 2.73 bits per heavy atom. The van der Waals surface area contributed by atoms with Crippen molar-refractivity contribution in [1.82, 2.24) is 9.55 Å². The van der Waals surface area contributed by atoms with Crippen molar-refractivity contribution in [1.29, 1.82) is 0 Å². The van der Waals surface area contributed by atoms with Crippen LogP contribution in [0.5, 0.6) is 0 Å². The molecule has 1 aromatic heterocycles. The van der Waals surface area contributed by atoms with E-state index in [1.54, 1.807) is 0 Å². The van der Waals surface area contributed by atoms with Crippen molar-refractivity contribution >= 4 is 12.2 Å². The van der Waals surface area contributed by atoms with Crippen LogP contribution in [0.25, 0.3) is 0 Å². The maximum Gasteiger partial charge on any atom is 0.177 e. The summed E-state index contributed by atoms with van der Waals surface area (Å²) in [4.78, 5) is 3.09. The lowest BCUT2D eigenvalue weighted by molar-refractivity contribution is 0.0151. The molecular formula is C11H18N2OS. The summed E-state index contributed by atoms with van der Waals surface area (Å²) in [5.74, 6) is 0. The lowest BCUT2D eigenvalue weighted by Gasteiger charge is -2.34. The molecule has 0 aromatic carbocycles. The van der Waals surface area contributed by atoms with Gasteiger partial charge in [0, 0.05) is 31.6 Å². The molecule has 2 rings (SSSR count). The minimum absolute atomic E-state index is 0.337. The van der Waals surface area contributed by atoms with Crippen molar-refractivity contribution in [3.63, 3.8) is 0 Å². The summed E-state index contributed by atoms with van der Waals surface area (Å²) in [7, 11) is 0. The molecule has 1 N–H and O–H groups in total. The molecule has 15 heavy (non-hydrogen) atoms. The zero-order valence-electron chi connectivity index (χ0n) is 9.38. The van der Waals surface area contributed by atoms with Gasteiger partial charge in [0.25, 0.3) is 0 Å². The molecule has 2 heterocycles. The fourth-order valence-corrected chi connectivity index (χ4v) is 2.35. The van der Waals surface area contributed by atoms with Gasteiger partial charge in [0.1, 0.15) is 0 Å². The molecule has 1 aliphatic heterocycles. The van der Waals surface area contributed by atoms with Crippen molar-refractivity contribution in [2.75, 3.05) is 13.2 Å². The molecule has 1 aliphatic rings. The van der Waals surface area contributed by atoms with Crippen molar-refractivity contribution in [3.8, 4) is 0 Å². The molecule has 0 bridgehead atoms. The highest BCUT2D eigenvalue weighted by Gasteiger charge is 2.28. The summed E-state index contributed by atoms with van der Waals surface area (Å²) >= 11 is 5.27. The van der Waals surface area contributed by atoms with Crippen LogP contribution in [0.2, 0.25) is 0 Å². The number of rotatable bonds is 2. The highest BCUT2D eigenvalue weighted by molar-refractivity contribution is 7.71. The van der Waals surface area contributed by atoms with Gasteiger partial charge in [-0.05, 0) is 37.4 Å². The third-order valence-electron chi connectivity index (χ3n) is 3.32. The minimum Gasteiger partial charge on any atom is -0.381 e. The Morgan fingerprint density at radius 2 is 2.20 bits per heavy atom. The van der Waals surface area contributed by atoms with Crippen LogP contribution in [0.1, 0.15) is 25.5 Å². The summed E-state index contributed by atoms with van der Waals surface area (Å²) < 4.78 is 8.43. The Labute approximate surface area is 95.5 Å². The van der Waals surface area contributed by atoms with Crippen LogP contribution in [-0.4, -0.2) is 22.8 Å². The summed E-state index contributed by atoms with van der Waals surface area (Å²) in [6.07, 6.45) is 4.23. The molecule has 0 saturated carbocycles. The zero-order chi connectivity index (χ0) is 10.9. The standard InChI is InChI=1S/C11H18N2OS/c1-9-7-12-10(15)13(9)8-11(2)3-5-14-6-4-11/h7H,3-6,8H2,1-2H3,(H,12,15). The second-order valence-electron chi connectivity index (χ2n) is 4.74. The molecule has 3 nitrogen and oxygen atoms in total. The molecule has 0 aliphatic carbocycles. The highest BCUT2D eigenvalue weighted by Crippen LogP contribution is 2.32. The first-order valence-corrected chi connectivity index (χ1v) is 5.84. The van der Waals surface area contributed by atoms with Crippen LogP contribution in [0.3, 0.4) is 0 Å². The maximum absolute atomic E-state index is 5.40. The number of aryl methyl sites for hydroxylation is 1. The fraction of sp³-hybridized carbons (Fsp3) is 0.727. The van der Waals surface area contributed by atoms with Gasteiger partial charge in [0.15, 0.2) is 4.77 Å². The van der Waals surface area contributed by atoms with E-state index in [0.717, 1.165) is 37.4 Å². The van der Waals surface area contributed by atoms with Gasteiger partial charge in [0.2, 0.25) is 0 Å². The van der Waals surface area contributed by atoms with Crippen LogP contribution in [-0.2, 0) is 11.3 Å². The van der Waals surface area contributed by atoms with Gasteiger partial charge in [-0.2, -0.15) is 0 Å². The molecule has 0 atom stereocenters. The van der Waals surface area contributed by atoms with Gasteiger partial charge in [-0.15, -0.1) is 0 Å². The van der Waals surface area contributed by atoms with Crippen molar-refractivity contribution in [3.05, 3.63) is 16.7 Å². The largest absolute Gasteiger partial charge is 0.381 e. The molecular weight excluding hydrogens is 208 g/mol. The SMILES string of the molecule is Cc1c[nH]c(=S)n1CC1(C)CCOCC1. The molecule has 0 radical (unpaired) electrons. The van der Waals surface area contributed by atoms with Gasteiger partial charge < -0.3 is 14.3 Å². The Morgan fingerprint density at radius 1 is 1.53 bits per heavy atom. The van der Waals surface area contributed by atoms with Crippen LogP contribution in [0, 0.1) is 17.1 Å². The topological polar surface area (TPSA) is 29.9 Å². The van der Waals surface area contributed by atoms with Gasteiger partial charge in [-0.3, -0.25) is 0 Å². The number of imidazole rings is 1. The predicted octanol–water partition coefficient (Wildman–Crippen LogP) is 2.67. The third kappa shape index (κ3) is 2.32. The highest BCUT2D eigenvalue weighted by atomic mass is 32.1. The number of nitrogens with zero attached hydrogens (tertiary/aromatic N) is 1. The lowest BCUT2D eigenvalue weighted by atomic mass is 9.82. The number of hydrogen-bond acceptors (Lipinski definition) is 2. The second kappa shape index (κ2) is 4.10. The zero-order valence-corrected chi connectivity index (χ0v) is 10.2. The van der Waals surface area contributed by atoms with Crippen molar-refractivity contribution in [2.24, 2.45) is 5.41 Å². The predicted molar refractivity (Wildman–Crippen MR) is 62.5 cm³/mol. The third-order valence-corrected chi connectivity index (χ3v) is 3.65. The van der Waals surface area contributed by atoms with E-state index >= 15 is 0 Å². The van der Waals surface area contributed by atoms with Crippen LogP contribution in [0.4, 0.5) is 0 Å². The van der Waals surface area contributed by atoms with E-state index < -0.39 is 0 Å². The molecule has 0 amide bonds. The van der Waals surface area contributed by atoms with Crippen LogP contribution in [0.15, 0.2) is 6.20 Å². The van der Waals surface area contributed by atoms with Crippen molar-refractivity contribution in [2.45, 2.75) is 33.2 Å². The smallest absolute Gasteiger partial charge is 0.177 e. The Bertz CT molecular complexity index is 388. The Kier molecular flexibility index (Phi) is 2.98. The van der Waals surface area contributed by atoms with E-state index in [2.05, 4.69) is 23.4 Å². The average molecular weight is 226 g/mol. The van der Waals surface area contributed by atoms with E-state index in [-0.39, 0.29) is 0 Å². The lowest BCUT2D eigenvalue weighted by Crippen LogP contribution is -2.31. The molecule has 1 fully saturated rings. The van der Waals surface area contributed by atoms with Gasteiger partial charge in [-0.1, -0.05) is 6.92 Å². The number of nitrogens with one attached hydrogen (secondary N) is 1. The number of ether oxygens (including phenoxy) is 1. The van der Waals surface area contributed by atoms with E-state index in [1.807, 2.05) is 6.20 Å². The first-order valence-electron chi connectivity index (χ1n) is 5.43. The van der Waals surface area contributed by atoms with Gasteiger partial charge in [-0.25, -0.2) is 0 Å². The Hall–Kier alpha value is -0.610.